The van der Waals surface area contributed by atoms with Crippen LogP contribution in [0.2, 0.25) is 0 Å². The van der Waals surface area contributed by atoms with E-state index in [4.69, 9.17) is 10.6 Å². The molecule has 230 valence electrons. The molecule has 12 nitrogen and oxygen atoms in total. The molecular weight excluding hydrogens is 554 g/mol. The van der Waals surface area contributed by atoms with Crippen molar-refractivity contribution in [1.29, 1.82) is 0 Å². The smallest absolute Gasteiger partial charge is 0.433 e. The van der Waals surface area contributed by atoms with Gasteiger partial charge in [0.15, 0.2) is 12.3 Å². The van der Waals surface area contributed by atoms with Gasteiger partial charge in [-0.15, -0.1) is 0 Å². The Kier molecular flexibility index (Phi) is 10.4. The van der Waals surface area contributed by atoms with Gasteiger partial charge in [-0.3, -0.25) is 24.0 Å². The van der Waals surface area contributed by atoms with Crippen molar-refractivity contribution in [2.75, 3.05) is 13.1 Å². The van der Waals surface area contributed by atoms with Crippen LogP contribution >= 0.6 is 0 Å². The van der Waals surface area contributed by atoms with E-state index in [1.165, 1.54) is 9.80 Å². The number of nitrogens with two attached hydrogens (primary N) is 1. The standard InChI is InChI=1S/C31H39N5O7/c1-20(2)15-16-33-28(38)23(17-21-9-5-3-6-10-21)34-19-27-35(24(29(34)39)18-22-11-7-4-8-12-22)30(40)25(13-14-26(32)37)43-36(27)31(41)42/h3-12,20,23-25,27H,13-19H2,1-2H3,(H2,32,37)(H,33,38)(H,41,42)/t23-,24-,25+,27?/m0/s1. The van der Waals surface area contributed by atoms with Gasteiger partial charge in [0.2, 0.25) is 17.7 Å². The second-order valence-corrected chi connectivity index (χ2v) is 11.3. The number of carboxylic acid groups (broad SMARTS) is 1. The van der Waals surface area contributed by atoms with Crippen LogP contribution in [0.25, 0.3) is 0 Å². The molecule has 0 aliphatic carbocycles. The Morgan fingerprint density at radius 1 is 1.00 bits per heavy atom. The molecule has 43 heavy (non-hydrogen) atoms. The van der Waals surface area contributed by atoms with Crippen LogP contribution in [0.5, 0.6) is 0 Å². The monoisotopic (exact) mass is 593 g/mol. The molecule has 4 N–H and O–H groups in total. The van der Waals surface area contributed by atoms with Gasteiger partial charge in [0.05, 0.1) is 6.54 Å². The van der Waals surface area contributed by atoms with Crippen LogP contribution in [-0.4, -0.2) is 87.1 Å². The van der Waals surface area contributed by atoms with E-state index < -0.39 is 48.2 Å². The summed E-state index contributed by atoms with van der Waals surface area (Å²) in [6, 6.07) is 16.2. The predicted octanol–water partition coefficient (Wildman–Crippen LogP) is 1.93. The molecule has 0 saturated carbocycles. The number of carbonyl (C=O) groups is 5. The van der Waals surface area contributed by atoms with E-state index in [9.17, 15) is 29.1 Å². The number of rotatable bonds is 12. The van der Waals surface area contributed by atoms with E-state index in [1.807, 2.05) is 62.4 Å². The molecule has 5 amide bonds. The second kappa shape index (κ2) is 14.1. The number of nitrogens with one attached hydrogen (secondary N) is 1. The molecule has 1 unspecified atom stereocenters. The van der Waals surface area contributed by atoms with Gasteiger partial charge < -0.3 is 26.0 Å². The van der Waals surface area contributed by atoms with Crippen molar-refractivity contribution in [1.82, 2.24) is 20.2 Å². The molecule has 0 bridgehead atoms. The first-order valence-electron chi connectivity index (χ1n) is 14.5. The van der Waals surface area contributed by atoms with Gasteiger partial charge in [0.25, 0.3) is 5.91 Å². The highest BCUT2D eigenvalue weighted by Gasteiger charge is 2.54. The quantitative estimate of drug-likeness (QED) is 0.339. The number of nitrogens with zero attached hydrogens (tertiary/aromatic N) is 3. The van der Waals surface area contributed by atoms with Crippen LogP contribution in [0.15, 0.2) is 60.7 Å². The molecule has 12 heteroatoms. The topological polar surface area (TPSA) is 163 Å². The first-order valence-corrected chi connectivity index (χ1v) is 14.5. The highest BCUT2D eigenvalue weighted by atomic mass is 16.7. The summed E-state index contributed by atoms with van der Waals surface area (Å²) < 4.78 is 0. The minimum Gasteiger partial charge on any atom is -0.463 e. The summed E-state index contributed by atoms with van der Waals surface area (Å²) in [6.45, 7) is 4.22. The number of piperazine rings is 1. The predicted molar refractivity (Wildman–Crippen MR) is 156 cm³/mol. The Bertz CT molecular complexity index is 1310. The van der Waals surface area contributed by atoms with Crippen molar-refractivity contribution in [2.45, 2.75) is 70.3 Å². The third kappa shape index (κ3) is 7.69. The number of hydrogen-bond donors (Lipinski definition) is 3. The van der Waals surface area contributed by atoms with Crippen LogP contribution < -0.4 is 11.1 Å². The first kappa shape index (κ1) is 31.5. The zero-order valence-electron chi connectivity index (χ0n) is 24.4. The van der Waals surface area contributed by atoms with Gasteiger partial charge >= 0.3 is 6.09 Å². The molecule has 2 saturated heterocycles. The number of fused-ring (bicyclic) bond motifs is 1. The van der Waals surface area contributed by atoms with Gasteiger partial charge in [-0.2, -0.15) is 5.06 Å². The molecule has 4 rings (SSSR count). The Morgan fingerprint density at radius 3 is 2.21 bits per heavy atom. The lowest BCUT2D eigenvalue weighted by atomic mass is 9.95. The van der Waals surface area contributed by atoms with Crippen LogP contribution in [0, 0.1) is 5.92 Å². The van der Waals surface area contributed by atoms with E-state index in [0.29, 0.717) is 17.5 Å². The summed E-state index contributed by atoms with van der Waals surface area (Å²) >= 11 is 0. The minimum absolute atomic E-state index is 0.0848. The average molecular weight is 594 g/mol. The van der Waals surface area contributed by atoms with E-state index in [1.54, 1.807) is 12.1 Å². The van der Waals surface area contributed by atoms with Crippen LogP contribution in [0.4, 0.5) is 4.79 Å². The molecule has 0 spiro atoms. The summed E-state index contributed by atoms with van der Waals surface area (Å²) in [5.41, 5.74) is 6.85. The van der Waals surface area contributed by atoms with Gasteiger partial charge in [0, 0.05) is 25.8 Å². The largest absolute Gasteiger partial charge is 0.463 e. The maximum atomic E-state index is 14.4. The molecule has 2 aromatic rings. The molecule has 4 atom stereocenters. The highest BCUT2D eigenvalue weighted by molar-refractivity contribution is 5.95. The zero-order chi connectivity index (χ0) is 31.1. The van der Waals surface area contributed by atoms with Crippen molar-refractivity contribution in [3.63, 3.8) is 0 Å². The normalized spacial score (nSPS) is 21.0. The zero-order valence-corrected chi connectivity index (χ0v) is 24.4. The van der Waals surface area contributed by atoms with Crippen molar-refractivity contribution in [2.24, 2.45) is 11.7 Å². The lowest BCUT2D eigenvalue weighted by Gasteiger charge is -2.53. The summed E-state index contributed by atoms with van der Waals surface area (Å²) in [4.78, 5) is 74.0. The Labute approximate surface area is 250 Å². The van der Waals surface area contributed by atoms with Gasteiger partial charge in [-0.25, -0.2) is 4.79 Å². The van der Waals surface area contributed by atoms with Crippen LogP contribution in [-0.2, 0) is 36.9 Å². The lowest BCUT2D eigenvalue weighted by molar-refractivity contribution is -0.266. The summed E-state index contributed by atoms with van der Waals surface area (Å²) in [7, 11) is 0. The third-order valence-corrected chi connectivity index (χ3v) is 7.71. The molecule has 0 radical (unpaired) electrons. The molecule has 2 aromatic carbocycles. The number of hydrogen-bond acceptors (Lipinski definition) is 6. The molecule has 2 heterocycles. The Balaban J connectivity index is 1.74. The molecule has 2 aliphatic heterocycles. The van der Waals surface area contributed by atoms with E-state index in [2.05, 4.69) is 5.32 Å². The van der Waals surface area contributed by atoms with Crippen LogP contribution in [0.3, 0.4) is 0 Å². The fourth-order valence-electron chi connectivity index (χ4n) is 5.49. The lowest BCUT2D eigenvalue weighted by Crippen LogP contribution is -2.75. The number of carbonyl (C=O) groups excluding carboxylic acids is 4. The minimum atomic E-state index is -1.47. The highest BCUT2D eigenvalue weighted by Crippen LogP contribution is 2.32. The number of benzene rings is 2. The maximum Gasteiger partial charge on any atom is 0.433 e. The first-order chi connectivity index (χ1) is 20.6. The fraction of sp³-hybridized carbons (Fsp3) is 0.452. The van der Waals surface area contributed by atoms with Crippen molar-refractivity contribution in [3.8, 4) is 0 Å². The second-order valence-electron chi connectivity index (χ2n) is 11.3. The number of amides is 5. The molecular formula is C31H39N5O7. The van der Waals surface area contributed by atoms with Gasteiger partial charge in [-0.1, -0.05) is 74.5 Å². The van der Waals surface area contributed by atoms with E-state index >= 15 is 0 Å². The number of hydroxylamine groups is 2. The van der Waals surface area contributed by atoms with E-state index in [0.717, 1.165) is 17.5 Å². The van der Waals surface area contributed by atoms with Crippen LogP contribution in [0.1, 0.15) is 44.2 Å². The molecule has 2 fully saturated rings. The average Bonchev–Trinajstić information content (AvgIpc) is 2.97. The summed E-state index contributed by atoms with van der Waals surface area (Å²) in [6.07, 6.45) is -3.35. The fourth-order valence-corrected chi connectivity index (χ4v) is 5.49. The third-order valence-electron chi connectivity index (χ3n) is 7.71. The Hall–Kier alpha value is -4.45. The van der Waals surface area contributed by atoms with Crippen molar-refractivity contribution < 1.29 is 33.9 Å². The van der Waals surface area contributed by atoms with Gasteiger partial charge in [-0.05, 0) is 29.9 Å². The summed E-state index contributed by atoms with van der Waals surface area (Å²) in [5, 5.41) is 13.7. The van der Waals surface area contributed by atoms with Crippen molar-refractivity contribution in [3.05, 3.63) is 71.8 Å². The van der Waals surface area contributed by atoms with E-state index in [-0.39, 0.29) is 38.1 Å². The Morgan fingerprint density at radius 2 is 1.63 bits per heavy atom. The molecule has 2 aliphatic rings. The van der Waals surface area contributed by atoms with Crippen molar-refractivity contribution >= 4 is 29.7 Å². The molecule has 0 aromatic heterocycles. The maximum absolute atomic E-state index is 14.4. The summed E-state index contributed by atoms with van der Waals surface area (Å²) in [5.74, 6) is -1.78. The number of primary amides is 1. The SMILES string of the molecule is CC(C)CCNC(=O)[C@H](Cc1ccccc1)N1CC2N(C(=O)O)O[C@H](CCC(N)=O)C(=O)N2[C@@H](Cc2ccccc2)C1=O. The van der Waals surface area contributed by atoms with Gasteiger partial charge in [0.1, 0.15) is 12.1 Å².